The Morgan fingerprint density at radius 1 is 1.14 bits per heavy atom. The summed E-state index contributed by atoms with van der Waals surface area (Å²) in [7, 11) is 1.73. The smallest absolute Gasteiger partial charge is 0.276 e. The van der Waals surface area contributed by atoms with E-state index in [4.69, 9.17) is 0 Å². The fourth-order valence-corrected chi connectivity index (χ4v) is 4.20. The number of nitrogens with one attached hydrogen (secondary N) is 1. The van der Waals surface area contributed by atoms with E-state index in [0.29, 0.717) is 41.4 Å². The van der Waals surface area contributed by atoms with Gasteiger partial charge < -0.3 is 15.1 Å². The quantitative estimate of drug-likeness (QED) is 0.856. The van der Waals surface area contributed by atoms with E-state index < -0.39 is 0 Å². The summed E-state index contributed by atoms with van der Waals surface area (Å²) < 4.78 is 1.55. The van der Waals surface area contributed by atoms with E-state index >= 15 is 0 Å². The number of nitrogens with zero attached hydrogens (tertiary/aromatic N) is 5. The molecule has 1 aromatic carbocycles. The molecule has 154 valence electrons. The number of hydrogen-bond donors (Lipinski definition) is 1. The van der Waals surface area contributed by atoms with E-state index in [0.717, 1.165) is 32.7 Å². The van der Waals surface area contributed by atoms with Crippen LogP contribution in [0.5, 0.6) is 0 Å². The summed E-state index contributed by atoms with van der Waals surface area (Å²) in [6, 6.07) is 7.43. The molecule has 0 saturated carbocycles. The van der Waals surface area contributed by atoms with Crippen molar-refractivity contribution in [1.29, 1.82) is 0 Å². The number of carbonyl (C=O) groups is 2. The second kappa shape index (κ2) is 7.96. The van der Waals surface area contributed by atoms with Crippen LogP contribution in [0, 0.1) is 6.92 Å². The zero-order chi connectivity index (χ0) is 20.5. The maximum absolute atomic E-state index is 13.4. The van der Waals surface area contributed by atoms with Gasteiger partial charge in [0.05, 0.1) is 17.1 Å². The van der Waals surface area contributed by atoms with Crippen molar-refractivity contribution in [2.24, 2.45) is 7.05 Å². The van der Waals surface area contributed by atoms with Crippen LogP contribution in [0.15, 0.2) is 24.3 Å². The molecular weight excluding hydrogens is 368 g/mol. The van der Waals surface area contributed by atoms with Crippen LogP contribution in [0.1, 0.15) is 29.5 Å². The van der Waals surface area contributed by atoms with E-state index in [1.54, 1.807) is 16.6 Å². The minimum atomic E-state index is -0.249. The van der Waals surface area contributed by atoms with Gasteiger partial charge in [0.25, 0.3) is 5.91 Å². The summed E-state index contributed by atoms with van der Waals surface area (Å²) in [5.74, 6) is -0.272. The van der Waals surface area contributed by atoms with Crippen molar-refractivity contribution in [2.75, 3.05) is 49.5 Å². The van der Waals surface area contributed by atoms with Crippen LogP contribution < -0.4 is 10.2 Å². The molecule has 1 N–H and O–H groups in total. The minimum Gasteiger partial charge on any atom is -0.319 e. The first-order chi connectivity index (χ1) is 14.0. The zero-order valence-corrected chi connectivity index (χ0v) is 17.3. The fourth-order valence-electron chi connectivity index (χ4n) is 4.20. The third kappa shape index (κ3) is 3.65. The Kier molecular flexibility index (Phi) is 5.38. The third-order valence-electron chi connectivity index (χ3n) is 5.83. The molecule has 0 aliphatic carbocycles. The van der Waals surface area contributed by atoms with Gasteiger partial charge in [0.1, 0.15) is 5.69 Å². The van der Waals surface area contributed by atoms with Crippen LogP contribution >= 0.6 is 0 Å². The van der Waals surface area contributed by atoms with E-state index in [9.17, 15) is 9.59 Å². The lowest BCUT2D eigenvalue weighted by Gasteiger charge is -2.34. The lowest BCUT2D eigenvalue weighted by molar-refractivity contribution is -0.118. The Bertz CT molecular complexity index is 929. The van der Waals surface area contributed by atoms with Gasteiger partial charge in [-0.15, -0.1) is 0 Å². The summed E-state index contributed by atoms with van der Waals surface area (Å²) in [5, 5.41) is 7.33. The van der Waals surface area contributed by atoms with Gasteiger partial charge in [-0.1, -0.05) is 19.1 Å². The highest BCUT2D eigenvalue weighted by Gasteiger charge is 2.34. The number of amides is 2. The van der Waals surface area contributed by atoms with Gasteiger partial charge in [-0.3, -0.25) is 19.2 Å². The van der Waals surface area contributed by atoms with Crippen LogP contribution in [-0.4, -0.2) is 70.7 Å². The number of rotatable bonds is 4. The highest BCUT2D eigenvalue weighted by molar-refractivity contribution is 6.17. The highest BCUT2D eigenvalue weighted by Crippen LogP contribution is 2.39. The van der Waals surface area contributed by atoms with Crippen molar-refractivity contribution >= 4 is 28.9 Å². The van der Waals surface area contributed by atoms with Gasteiger partial charge >= 0.3 is 0 Å². The standard InChI is InChI=1S/C21H28N6O2/c1-4-25-11-13-26(14-12-25)10-9-18(28)27-17-8-6-5-7-16(17)22-21(29)20-19(27)15(2)23-24(20)3/h5-8H,4,9-14H2,1-3H3,(H,22,29). The number of benzene rings is 1. The average Bonchev–Trinajstić information content (AvgIpc) is 2.93. The van der Waals surface area contributed by atoms with Crippen LogP contribution in [0.25, 0.3) is 0 Å². The van der Waals surface area contributed by atoms with Crippen molar-refractivity contribution in [3.63, 3.8) is 0 Å². The number of piperazine rings is 1. The molecule has 1 fully saturated rings. The average molecular weight is 396 g/mol. The van der Waals surface area contributed by atoms with Crippen LogP contribution in [0.2, 0.25) is 0 Å². The summed E-state index contributed by atoms with van der Waals surface area (Å²) in [4.78, 5) is 32.7. The Labute approximate surface area is 171 Å². The number of anilines is 3. The Morgan fingerprint density at radius 2 is 1.83 bits per heavy atom. The number of fused-ring (bicyclic) bond motifs is 2. The molecule has 3 heterocycles. The number of carbonyl (C=O) groups excluding carboxylic acids is 2. The van der Waals surface area contributed by atoms with E-state index in [-0.39, 0.29) is 11.8 Å². The van der Waals surface area contributed by atoms with Crippen molar-refractivity contribution < 1.29 is 9.59 Å². The summed E-state index contributed by atoms with van der Waals surface area (Å²) >= 11 is 0. The first-order valence-corrected chi connectivity index (χ1v) is 10.2. The predicted octanol–water partition coefficient (Wildman–Crippen LogP) is 1.99. The molecule has 1 aromatic heterocycles. The molecule has 8 nitrogen and oxygen atoms in total. The molecule has 29 heavy (non-hydrogen) atoms. The zero-order valence-electron chi connectivity index (χ0n) is 17.3. The molecule has 1 saturated heterocycles. The summed E-state index contributed by atoms with van der Waals surface area (Å²) in [5.41, 5.74) is 2.98. The first kappa shape index (κ1) is 19.6. The Morgan fingerprint density at radius 3 is 2.55 bits per heavy atom. The molecule has 2 aliphatic rings. The van der Waals surface area contributed by atoms with Crippen LogP contribution in [0.4, 0.5) is 17.1 Å². The van der Waals surface area contributed by atoms with Crippen molar-refractivity contribution in [3.05, 3.63) is 35.7 Å². The number of aryl methyl sites for hydroxylation is 2. The van der Waals surface area contributed by atoms with Gasteiger partial charge in [-0.2, -0.15) is 5.10 Å². The molecule has 2 amide bonds. The SMILES string of the molecule is CCN1CCN(CCC(=O)N2c3ccccc3NC(=O)c3c2c(C)nn3C)CC1. The van der Waals surface area contributed by atoms with Gasteiger partial charge in [-0.25, -0.2) is 0 Å². The Hall–Kier alpha value is -2.71. The molecule has 0 spiro atoms. The number of para-hydroxylation sites is 2. The molecule has 0 atom stereocenters. The summed E-state index contributed by atoms with van der Waals surface area (Å²) in [6.07, 6.45) is 0.391. The number of hydrogen-bond acceptors (Lipinski definition) is 5. The second-order valence-corrected chi connectivity index (χ2v) is 7.63. The van der Waals surface area contributed by atoms with Crippen molar-refractivity contribution in [1.82, 2.24) is 19.6 Å². The Balaban J connectivity index is 1.61. The van der Waals surface area contributed by atoms with Gasteiger partial charge in [-0.05, 0) is 25.6 Å². The summed E-state index contributed by atoms with van der Waals surface area (Å²) in [6.45, 7) is 9.85. The fraction of sp³-hybridized carbons (Fsp3) is 0.476. The van der Waals surface area contributed by atoms with Crippen LogP contribution in [0.3, 0.4) is 0 Å². The van der Waals surface area contributed by atoms with E-state index in [1.165, 1.54) is 0 Å². The van der Waals surface area contributed by atoms with Crippen molar-refractivity contribution in [2.45, 2.75) is 20.3 Å². The normalized spacial score (nSPS) is 17.5. The van der Waals surface area contributed by atoms with Gasteiger partial charge in [0.2, 0.25) is 5.91 Å². The molecule has 0 bridgehead atoms. The lowest BCUT2D eigenvalue weighted by atomic mass is 10.2. The topological polar surface area (TPSA) is 73.7 Å². The molecular formula is C21H28N6O2. The molecule has 2 aromatic rings. The highest BCUT2D eigenvalue weighted by atomic mass is 16.2. The predicted molar refractivity (Wildman–Crippen MR) is 113 cm³/mol. The van der Waals surface area contributed by atoms with E-state index in [2.05, 4.69) is 27.1 Å². The minimum absolute atomic E-state index is 0.0239. The van der Waals surface area contributed by atoms with Crippen molar-refractivity contribution in [3.8, 4) is 0 Å². The van der Waals surface area contributed by atoms with Gasteiger partial charge in [0.15, 0.2) is 5.69 Å². The molecule has 0 radical (unpaired) electrons. The molecule has 4 rings (SSSR count). The lowest BCUT2D eigenvalue weighted by Crippen LogP contribution is -2.47. The van der Waals surface area contributed by atoms with E-state index in [1.807, 2.05) is 31.2 Å². The van der Waals surface area contributed by atoms with Gasteiger partial charge in [0, 0.05) is 46.2 Å². The monoisotopic (exact) mass is 396 g/mol. The largest absolute Gasteiger partial charge is 0.319 e. The first-order valence-electron chi connectivity index (χ1n) is 10.2. The molecule has 0 unspecified atom stereocenters. The van der Waals surface area contributed by atoms with Crippen LogP contribution in [-0.2, 0) is 11.8 Å². The molecule has 8 heteroatoms. The maximum atomic E-state index is 13.4. The molecule has 2 aliphatic heterocycles. The number of aromatic nitrogens is 2. The maximum Gasteiger partial charge on any atom is 0.276 e. The number of likely N-dealkylation sites (N-methyl/N-ethyl adjacent to an activating group) is 1. The second-order valence-electron chi connectivity index (χ2n) is 7.63. The third-order valence-corrected chi connectivity index (χ3v) is 5.83.